The predicted octanol–water partition coefficient (Wildman–Crippen LogP) is 5.18. The molecule has 7 heteroatoms. The van der Waals surface area contributed by atoms with Gasteiger partial charge in [-0.1, -0.05) is 55.8 Å². The Bertz CT molecular complexity index is 880. The topological polar surface area (TPSA) is 73.9 Å². The molecule has 2 aromatic rings. The Hall–Kier alpha value is -3.09. The molecule has 0 radical (unpaired) electrons. The Morgan fingerprint density at radius 2 is 1.78 bits per heavy atom. The lowest BCUT2D eigenvalue weighted by Gasteiger charge is -2.23. The van der Waals surface area contributed by atoms with Gasteiger partial charge in [0.25, 0.3) is 0 Å². The van der Waals surface area contributed by atoms with E-state index in [1.165, 1.54) is 12.1 Å². The van der Waals surface area contributed by atoms with E-state index < -0.39 is 29.5 Å². The summed E-state index contributed by atoms with van der Waals surface area (Å²) in [5.74, 6) is -1.09. The Morgan fingerprint density at radius 3 is 2.44 bits per heavy atom. The minimum Gasteiger partial charge on any atom is -0.490 e. The first-order valence-corrected chi connectivity index (χ1v) is 10.8. The van der Waals surface area contributed by atoms with Crippen molar-refractivity contribution < 1.29 is 28.2 Å². The summed E-state index contributed by atoms with van der Waals surface area (Å²) in [7, 11) is 0. The van der Waals surface area contributed by atoms with Gasteiger partial charge in [0, 0.05) is 6.42 Å². The molecule has 1 atom stereocenters. The first-order valence-electron chi connectivity index (χ1n) is 10.8. The molecule has 1 N–H and O–H groups in total. The van der Waals surface area contributed by atoms with Gasteiger partial charge in [0.2, 0.25) is 0 Å². The van der Waals surface area contributed by atoms with Crippen molar-refractivity contribution in [3.63, 3.8) is 0 Å². The van der Waals surface area contributed by atoms with E-state index in [2.05, 4.69) is 5.32 Å². The van der Waals surface area contributed by atoms with Crippen molar-refractivity contribution in [1.82, 2.24) is 5.32 Å². The van der Waals surface area contributed by atoms with E-state index in [1.807, 2.05) is 37.3 Å². The van der Waals surface area contributed by atoms with Crippen LogP contribution < -0.4 is 10.1 Å². The summed E-state index contributed by atoms with van der Waals surface area (Å²) in [4.78, 5) is 25.2. The second-order valence-electron chi connectivity index (χ2n) is 8.43. The number of nitrogens with one attached hydrogen (secondary N) is 1. The molecule has 0 aliphatic heterocycles. The number of carbonyl (C=O) groups excluding carboxylic acids is 2. The first-order chi connectivity index (χ1) is 15.2. The van der Waals surface area contributed by atoms with Crippen molar-refractivity contribution in [2.24, 2.45) is 0 Å². The summed E-state index contributed by atoms with van der Waals surface area (Å²) in [5.41, 5.74) is 0.528. The largest absolute Gasteiger partial charge is 0.490 e. The Balaban J connectivity index is 2.19. The van der Waals surface area contributed by atoms with E-state index in [0.717, 1.165) is 18.4 Å². The number of rotatable bonds is 10. The molecule has 1 amide bonds. The van der Waals surface area contributed by atoms with E-state index in [1.54, 1.807) is 26.8 Å². The number of halogens is 1. The second kappa shape index (κ2) is 12.1. The Labute approximate surface area is 189 Å². The smallest absolute Gasteiger partial charge is 0.408 e. The van der Waals surface area contributed by atoms with Crippen LogP contribution in [-0.2, 0) is 27.3 Å². The van der Waals surface area contributed by atoms with Gasteiger partial charge in [-0.05, 0) is 44.4 Å². The zero-order valence-electron chi connectivity index (χ0n) is 19.2. The third-order valence-electron chi connectivity index (χ3n) is 4.42. The van der Waals surface area contributed by atoms with Gasteiger partial charge in [-0.2, -0.15) is 0 Å². The quantitative estimate of drug-likeness (QED) is 0.403. The van der Waals surface area contributed by atoms with E-state index in [9.17, 15) is 14.0 Å². The molecule has 2 rings (SSSR count). The number of amides is 1. The molecule has 0 saturated heterocycles. The lowest BCUT2D eigenvalue weighted by atomic mass is 10.0. The fourth-order valence-electron chi connectivity index (χ4n) is 2.89. The number of esters is 1. The summed E-state index contributed by atoms with van der Waals surface area (Å²) in [6.45, 7) is 7.59. The number of hydrogen-bond donors (Lipinski definition) is 1. The summed E-state index contributed by atoms with van der Waals surface area (Å²) < 4.78 is 30.8. The van der Waals surface area contributed by atoms with Crippen molar-refractivity contribution in [1.29, 1.82) is 0 Å². The minimum atomic E-state index is -1.08. The highest BCUT2D eigenvalue weighted by atomic mass is 19.1. The zero-order chi connectivity index (χ0) is 23.6. The highest BCUT2D eigenvalue weighted by Gasteiger charge is 2.27. The third kappa shape index (κ3) is 8.57. The van der Waals surface area contributed by atoms with Crippen molar-refractivity contribution in [2.45, 2.75) is 65.2 Å². The lowest BCUT2D eigenvalue weighted by molar-refractivity contribution is -0.147. The third-order valence-corrected chi connectivity index (χ3v) is 4.42. The molecule has 2 aromatic carbocycles. The minimum absolute atomic E-state index is 0.00785. The number of hydrogen-bond acceptors (Lipinski definition) is 5. The molecule has 0 aliphatic carbocycles. The van der Waals surface area contributed by atoms with Crippen LogP contribution in [0.1, 0.15) is 51.7 Å². The summed E-state index contributed by atoms with van der Waals surface area (Å²) in [5, 5.41) is 2.56. The van der Waals surface area contributed by atoms with Gasteiger partial charge < -0.3 is 19.5 Å². The predicted molar refractivity (Wildman–Crippen MR) is 120 cm³/mol. The fraction of sp³-hybridized carbons (Fsp3) is 0.440. The summed E-state index contributed by atoms with van der Waals surface area (Å²) in [6, 6.07) is 12.6. The van der Waals surface area contributed by atoms with Crippen LogP contribution in [0.3, 0.4) is 0 Å². The fourth-order valence-corrected chi connectivity index (χ4v) is 2.89. The van der Waals surface area contributed by atoms with Crippen LogP contribution in [0, 0.1) is 5.82 Å². The highest BCUT2D eigenvalue weighted by Crippen LogP contribution is 2.25. The zero-order valence-corrected chi connectivity index (χ0v) is 19.2. The normalized spacial score (nSPS) is 12.0. The molecule has 0 heterocycles. The highest BCUT2D eigenvalue weighted by molar-refractivity contribution is 5.82. The first kappa shape index (κ1) is 25.2. The van der Waals surface area contributed by atoms with Gasteiger partial charge in [-0.3, -0.25) is 0 Å². The molecule has 0 fully saturated rings. The monoisotopic (exact) mass is 445 g/mol. The van der Waals surface area contributed by atoms with Gasteiger partial charge >= 0.3 is 12.1 Å². The van der Waals surface area contributed by atoms with E-state index >= 15 is 0 Å². The summed E-state index contributed by atoms with van der Waals surface area (Å²) >= 11 is 0. The maximum Gasteiger partial charge on any atom is 0.408 e. The van der Waals surface area contributed by atoms with Gasteiger partial charge in [0.15, 0.2) is 11.6 Å². The van der Waals surface area contributed by atoms with Crippen LogP contribution in [-0.4, -0.2) is 30.3 Å². The molecular formula is C25H32FNO5. The number of para-hydroxylation sites is 1. The second-order valence-corrected chi connectivity index (χ2v) is 8.43. The molecule has 0 aliphatic rings. The van der Waals surface area contributed by atoms with Crippen LogP contribution in [0.25, 0.3) is 0 Å². The number of unbranched alkanes of at least 4 members (excludes halogenated alkanes) is 1. The van der Waals surface area contributed by atoms with Crippen LogP contribution in [0.4, 0.5) is 9.18 Å². The van der Waals surface area contributed by atoms with Gasteiger partial charge in [0.05, 0.1) is 6.61 Å². The van der Waals surface area contributed by atoms with Crippen molar-refractivity contribution in [3.8, 4) is 5.75 Å². The average Bonchev–Trinajstić information content (AvgIpc) is 2.73. The van der Waals surface area contributed by atoms with Crippen molar-refractivity contribution >= 4 is 12.1 Å². The Kier molecular flexibility index (Phi) is 9.50. The van der Waals surface area contributed by atoms with Gasteiger partial charge in [-0.15, -0.1) is 0 Å². The summed E-state index contributed by atoms with van der Waals surface area (Å²) in [6.07, 6.45) is 0.904. The number of ether oxygens (including phenoxy) is 3. The van der Waals surface area contributed by atoms with E-state index in [-0.39, 0.29) is 18.8 Å². The molecule has 0 saturated carbocycles. The molecule has 0 unspecified atom stereocenters. The van der Waals surface area contributed by atoms with Crippen LogP contribution in [0.15, 0.2) is 48.5 Å². The number of carbonyl (C=O) groups is 2. The molecule has 32 heavy (non-hydrogen) atoms. The van der Waals surface area contributed by atoms with Crippen LogP contribution in [0.2, 0.25) is 0 Å². The molecule has 6 nitrogen and oxygen atoms in total. The standard InChI is InChI=1S/C25H32FNO5/c1-5-6-15-30-22-19(13-10-14-20(22)26)16-21(27-24(29)32-25(2,3)4)23(28)31-17-18-11-8-7-9-12-18/h7-14,21H,5-6,15-17H2,1-4H3,(H,27,29)/t21-/m0/s1. The van der Waals surface area contributed by atoms with Crippen LogP contribution >= 0.6 is 0 Å². The van der Waals surface area contributed by atoms with Crippen molar-refractivity contribution in [2.75, 3.05) is 6.61 Å². The van der Waals surface area contributed by atoms with Gasteiger partial charge in [0.1, 0.15) is 18.2 Å². The lowest BCUT2D eigenvalue weighted by Crippen LogP contribution is -2.45. The Morgan fingerprint density at radius 1 is 1.06 bits per heavy atom. The molecule has 174 valence electrons. The average molecular weight is 446 g/mol. The number of benzene rings is 2. The number of alkyl carbamates (subject to hydrolysis) is 1. The maximum atomic E-state index is 14.4. The maximum absolute atomic E-state index is 14.4. The van der Waals surface area contributed by atoms with E-state index in [4.69, 9.17) is 14.2 Å². The van der Waals surface area contributed by atoms with E-state index in [0.29, 0.717) is 12.2 Å². The van der Waals surface area contributed by atoms with Crippen LogP contribution in [0.5, 0.6) is 5.75 Å². The molecule has 0 aromatic heterocycles. The molecule has 0 spiro atoms. The molecular weight excluding hydrogens is 413 g/mol. The SMILES string of the molecule is CCCCOc1c(F)cccc1C[C@H](NC(=O)OC(C)(C)C)C(=O)OCc1ccccc1. The van der Waals surface area contributed by atoms with Gasteiger partial charge in [-0.25, -0.2) is 14.0 Å². The van der Waals surface area contributed by atoms with Crippen molar-refractivity contribution in [3.05, 3.63) is 65.5 Å². The molecule has 0 bridgehead atoms.